The van der Waals surface area contributed by atoms with Crippen LogP contribution < -0.4 is 5.73 Å². The minimum absolute atomic E-state index is 0. The Morgan fingerprint density at radius 2 is 1.85 bits per heavy atom. The molecule has 1 atom stereocenters. The van der Waals surface area contributed by atoms with Crippen LogP contribution in [0.5, 0.6) is 0 Å². The van der Waals surface area contributed by atoms with Crippen LogP contribution in [0.3, 0.4) is 0 Å². The van der Waals surface area contributed by atoms with Gasteiger partial charge in [-0.05, 0) is 19.1 Å². The molecule has 2 N–H and O–H groups in total. The molecule has 1 unspecified atom stereocenters. The molecule has 0 bridgehead atoms. The molecule has 1 amide bonds. The van der Waals surface area contributed by atoms with Crippen LogP contribution in [0, 0.1) is 11.6 Å². The second kappa shape index (κ2) is 10.0. The van der Waals surface area contributed by atoms with Crippen LogP contribution in [0.25, 0.3) is 0 Å². The van der Waals surface area contributed by atoms with Crippen LogP contribution in [0.2, 0.25) is 0 Å². The summed E-state index contributed by atoms with van der Waals surface area (Å²) in [6.07, 6.45) is 1.42. The standard InChI is InChI=1S/C18H21F2N3O2.2ClH/c1-12(16-3-2-14(19)9-17(16)20)22-4-6-23(7-5-22)18(24)13-8-15(10-21)25-11-13;;/h2-3,8-9,11-12H,4-7,10,21H2,1H3;2*1H. The third kappa shape index (κ3) is 5.19. The molecule has 1 aromatic carbocycles. The van der Waals surface area contributed by atoms with E-state index in [1.165, 1.54) is 18.4 Å². The van der Waals surface area contributed by atoms with Crippen molar-refractivity contribution in [3.63, 3.8) is 0 Å². The Labute approximate surface area is 169 Å². The van der Waals surface area contributed by atoms with E-state index in [4.69, 9.17) is 10.2 Å². The van der Waals surface area contributed by atoms with Gasteiger partial charge in [-0.25, -0.2) is 8.78 Å². The van der Waals surface area contributed by atoms with E-state index in [1.807, 2.05) is 6.92 Å². The molecule has 0 saturated carbocycles. The zero-order valence-electron chi connectivity index (χ0n) is 14.9. The van der Waals surface area contributed by atoms with Gasteiger partial charge in [0.15, 0.2) is 0 Å². The van der Waals surface area contributed by atoms with Crippen molar-refractivity contribution < 1.29 is 18.0 Å². The number of halogens is 4. The lowest BCUT2D eigenvalue weighted by Gasteiger charge is -2.38. The zero-order chi connectivity index (χ0) is 18.0. The number of amides is 1. The van der Waals surface area contributed by atoms with Gasteiger partial charge in [0.2, 0.25) is 0 Å². The van der Waals surface area contributed by atoms with Crippen LogP contribution in [-0.4, -0.2) is 41.9 Å². The van der Waals surface area contributed by atoms with Gasteiger partial charge in [0.1, 0.15) is 23.7 Å². The van der Waals surface area contributed by atoms with E-state index in [-0.39, 0.29) is 43.3 Å². The van der Waals surface area contributed by atoms with Crippen molar-refractivity contribution in [2.75, 3.05) is 26.2 Å². The van der Waals surface area contributed by atoms with E-state index < -0.39 is 11.6 Å². The molecule has 2 aromatic rings. The van der Waals surface area contributed by atoms with Crippen molar-refractivity contribution >= 4 is 30.7 Å². The first kappa shape index (κ1) is 23.4. The lowest BCUT2D eigenvalue weighted by molar-refractivity contribution is 0.0578. The largest absolute Gasteiger partial charge is 0.467 e. The SMILES string of the molecule is CC(c1ccc(F)cc1F)N1CCN(C(=O)c2coc(CN)c2)CC1.Cl.Cl. The molecule has 0 spiro atoms. The van der Waals surface area contributed by atoms with E-state index in [2.05, 4.69) is 4.90 Å². The van der Waals surface area contributed by atoms with Crippen molar-refractivity contribution in [2.45, 2.75) is 19.5 Å². The summed E-state index contributed by atoms with van der Waals surface area (Å²) in [4.78, 5) is 16.3. The summed E-state index contributed by atoms with van der Waals surface area (Å²) >= 11 is 0. The Balaban J connectivity index is 0.00000182. The monoisotopic (exact) mass is 421 g/mol. The van der Waals surface area contributed by atoms with Crippen molar-refractivity contribution in [3.8, 4) is 0 Å². The second-order valence-electron chi connectivity index (χ2n) is 6.18. The van der Waals surface area contributed by atoms with Gasteiger partial charge in [0, 0.05) is 43.9 Å². The van der Waals surface area contributed by atoms with Gasteiger partial charge in [-0.15, -0.1) is 24.8 Å². The average molecular weight is 422 g/mol. The third-order valence-corrected chi connectivity index (χ3v) is 4.66. The molecule has 9 heteroatoms. The van der Waals surface area contributed by atoms with Crippen LogP contribution in [0.4, 0.5) is 8.78 Å². The molecule has 1 fully saturated rings. The van der Waals surface area contributed by atoms with Gasteiger partial charge in [0.05, 0.1) is 12.1 Å². The summed E-state index contributed by atoms with van der Waals surface area (Å²) in [6, 6.07) is 5.12. The molecule has 1 saturated heterocycles. The number of nitrogens with zero attached hydrogens (tertiary/aromatic N) is 2. The summed E-state index contributed by atoms with van der Waals surface area (Å²) in [5.41, 5.74) is 6.44. The number of hydrogen-bond acceptors (Lipinski definition) is 4. The van der Waals surface area contributed by atoms with Gasteiger partial charge in [-0.1, -0.05) is 6.07 Å². The molecule has 27 heavy (non-hydrogen) atoms. The van der Waals surface area contributed by atoms with Crippen molar-refractivity contribution in [2.24, 2.45) is 5.73 Å². The summed E-state index contributed by atoms with van der Waals surface area (Å²) in [5.74, 6) is -0.648. The fourth-order valence-electron chi connectivity index (χ4n) is 3.13. The first-order valence-electron chi connectivity index (χ1n) is 8.25. The van der Waals surface area contributed by atoms with E-state index in [0.29, 0.717) is 43.1 Å². The van der Waals surface area contributed by atoms with Crippen molar-refractivity contribution in [1.82, 2.24) is 9.80 Å². The quantitative estimate of drug-likeness (QED) is 0.821. The maximum atomic E-state index is 14.0. The number of rotatable bonds is 4. The maximum absolute atomic E-state index is 14.0. The van der Waals surface area contributed by atoms with Crippen LogP contribution in [-0.2, 0) is 6.54 Å². The summed E-state index contributed by atoms with van der Waals surface area (Å²) < 4.78 is 32.2. The Bertz CT molecular complexity index is 765. The minimum Gasteiger partial charge on any atom is -0.467 e. The Morgan fingerprint density at radius 3 is 2.41 bits per heavy atom. The number of piperazine rings is 1. The van der Waals surface area contributed by atoms with E-state index in [0.717, 1.165) is 6.07 Å². The molecule has 1 aliphatic rings. The van der Waals surface area contributed by atoms with Gasteiger partial charge in [0.25, 0.3) is 5.91 Å². The number of hydrogen-bond donors (Lipinski definition) is 1. The zero-order valence-corrected chi connectivity index (χ0v) is 16.5. The number of furan rings is 1. The second-order valence-corrected chi connectivity index (χ2v) is 6.18. The normalized spacial score (nSPS) is 15.6. The summed E-state index contributed by atoms with van der Waals surface area (Å²) in [6.45, 7) is 4.44. The molecule has 2 heterocycles. The van der Waals surface area contributed by atoms with Gasteiger partial charge in [-0.2, -0.15) is 0 Å². The molecule has 0 radical (unpaired) electrons. The fourth-order valence-corrected chi connectivity index (χ4v) is 3.13. The van der Waals surface area contributed by atoms with Crippen LogP contribution in [0.15, 0.2) is 34.9 Å². The highest BCUT2D eigenvalue weighted by atomic mass is 35.5. The van der Waals surface area contributed by atoms with E-state index in [9.17, 15) is 13.6 Å². The first-order valence-corrected chi connectivity index (χ1v) is 8.25. The molecule has 1 aromatic heterocycles. The number of carbonyl (C=O) groups is 1. The van der Waals surface area contributed by atoms with Gasteiger partial charge < -0.3 is 15.1 Å². The Kier molecular flexibility index (Phi) is 8.68. The molecular formula is C18H23Cl2F2N3O2. The highest BCUT2D eigenvalue weighted by Gasteiger charge is 2.27. The topological polar surface area (TPSA) is 62.7 Å². The van der Waals surface area contributed by atoms with Crippen molar-refractivity contribution in [1.29, 1.82) is 0 Å². The van der Waals surface area contributed by atoms with E-state index in [1.54, 1.807) is 11.0 Å². The minimum atomic E-state index is -0.583. The van der Waals surface area contributed by atoms with Gasteiger partial charge >= 0.3 is 0 Å². The maximum Gasteiger partial charge on any atom is 0.257 e. The molecule has 3 rings (SSSR count). The average Bonchev–Trinajstić information content (AvgIpc) is 3.10. The highest BCUT2D eigenvalue weighted by Crippen LogP contribution is 2.25. The highest BCUT2D eigenvalue weighted by molar-refractivity contribution is 5.94. The summed E-state index contributed by atoms with van der Waals surface area (Å²) in [7, 11) is 0. The van der Waals surface area contributed by atoms with Crippen molar-refractivity contribution in [3.05, 3.63) is 59.1 Å². The molecule has 1 aliphatic heterocycles. The Morgan fingerprint density at radius 1 is 1.19 bits per heavy atom. The lowest BCUT2D eigenvalue weighted by Crippen LogP contribution is -2.49. The van der Waals surface area contributed by atoms with E-state index >= 15 is 0 Å². The van der Waals surface area contributed by atoms with Crippen LogP contribution in [0.1, 0.15) is 34.6 Å². The summed E-state index contributed by atoms with van der Waals surface area (Å²) in [5, 5.41) is 0. The first-order chi connectivity index (χ1) is 12.0. The number of benzene rings is 1. The lowest BCUT2D eigenvalue weighted by atomic mass is 10.1. The van der Waals surface area contributed by atoms with Gasteiger partial charge in [-0.3, -0.25) is 9.69 Å². The Hall–Kier alpha value is -1.67. The number of carbonyl (C=O) groups excluding carboxylic acids is 1. The molecular weight excluding hydrogens is 399 g/mol. The molecule has 150 valence electrons. The third-order valence-electron chi connectivity index (χ3n) is 4.66. The smallest absolute Gasteiger partial charge is 0.257 e. The number of nitrogens with two attached hydrogens (primary N) is 1. The fraction of sp³-hybridized carbons (Fsp3) is 0.389. The molecule has 5 nitrogen and oxygen atoms in total. The predicted molar refractivity (Wildman–Crippen MR) is 103 cm³/mol. The van der Waals surface area contributed by atoms with Crippen LogP contribution >= 0.6 is 24.8 Å². The predicted octanol–water partition coefficient (Wildman–Crippen LogP) is 3.38. The molecule has 0 aliphatic carbocycles.